The van der Waals surface area contributed by atoms with Gasteiger partial charge in [-0.05, 0) is 69.0 Å². The summed E-state index contributed by atoms with van der Waals surface area (Å²) < 4.78 is 5.26. The second-order valence-electron chi connectivity index (χ2n) is 10.4. The van der Waals surface area contributed by atoms with Crippen LogP contribution in [0.2, 0.25) is 0 Å². The SMILES string of the molecule is COc1cccc(NC(=O)N2CCC3(CC2)CC[C@@]2(C(=O)N4CCCC4)CN(C)C[C@H]32)c1. The molecule has 4 aliphatic rings. The smallest absolute Gasteiger partial charge is 0.321 e. The van der Waals surface area contributed by atoms with Gasteiger partial charge in [-0.15, -0.1) is 0 Å². The van der Waals surface area contributed by atoms with E-state index in [1.807, 2.05) is 29.2 Å². The zero-order valence-electron chi connectivity index (χ0n) is 19.4. The van der Waals surface area contributed by atoms with Gasteiger partial charge in [-0.3, -0.25) is 4.79 Å². The van der Waals surface area contributed by atoms with Crippen molar-refractivity contribution in [2.75, 3.05) is 58.7 Å². The summed E-state index contributed by atoms with van der Waals surface area (Å²) in [4.78, 5) is 33.0. The Bertz CT molecular complexity index is 876. The van der Waals surface area contributed by atoms with Gasteiger partial charge in [0.05, 0.1) is 12.5 Å². The average molecular weight is 441 g/mol. The number of rotatable bonds is 3. The van der Waals surface area contributed by atoms with E-state index in [9.17, 15) is 9.59 Å². The molecule has 0 aromatic heterocycles. The molecule has 7 nitrogen and oxygen atoms in total. The van der Waals surface area contributed by atoms with Crippen LogP contribution in [0.3, 0.4) is 0 Å². The van der Waals surface area contributed by atoms with Crippen LogP contribution in [0.15, 0.2) is 24.3 Å². The molecule has 1 spiro atoms. The number of methoxy groups -OCH3 is 1. The summed E-state index contributed by atoms with van der Waals surface area (Å²) in [6.07, 6.45) is 6.40. The largest absolute Gasteiger partial charge is 0.497 e. The summed E-state index contributed by atoms with van der Waals surface area (Å²) in [5.74, 6) is 1.56. The summed E-state index contributed by atoms with van der Waals surface area (Å²) in [7, 11) is 3.79. The molecule has 3 heterocycles. The Labute approximate surface area is 191 Å². The van der Waals surface area contributed by atoms with Gasteiger partial charge in [0, 0.05) is 51.0 Å². The first kappa shape index (κ1) is 21.6. The van der Waals surface area contributed by atoms with Gasteiger partial charge < -0.3 is 24.8 Å². The standard InChI is InChI=1S/C25H36N4O3/c1-27-17-21-24(8-9-25(21,18-27)22(30)28-12-3-4-13-28)10-14-29(15-11-24)23(31)26-19-6-5-7-20(16-19)32-2/h5-7,16,21H,3-4,8-15,17-18H2,1-2H3,(H,26,31)/t21-,25-/m1/s1. The lowest BCUT2D eigenvalue weighted by Crippen LogP contribution is -2.50. The summed E-state index contributed by atoms with van der Waals surface area (Å²) >= 11 is 0. The molecule has 1 aliphatic carbocycles. The normalized spacial score (nSPS) is 29.4. The molecule has 7 heteroatoms. The van der Waals surface area contributed by atoms with E-state index in [1.54, 1.807) is 7.11 Å². The third-order valence-corrected chi connectivity index (χ3v) is 8.71. The van der Waals surface area contributed by atoms with Crippen LogP contribution in [0.5, 0.6) is 5.75 Å². The molecule has 3 amide bonds. The van der Waals surface area contributed by atoms with Crippen molar-refractivity contribution in [3.05, 3.63) is 24.3 Å². The topological polar surface area (TPSA) is 65.1 Å². The Hall–Kier alpha value is -2.28. The number of nitrogens with one attached hydrogen (secondary N) is 1. The summed E-state index contributed by atoms with van der Waals surface area (Å²) in [6.45, 7) is 5.28. The van der Waals surface area contributed by atoms with Gasteiger partial charge in [-0.25, -0.2) is 4.79 Å². The fourth-order valence-corrected chi connectivity index (χ4v) is 7.04. The van der Waals surface area contributed by atoms with Crippen molar-refractivity contribution in [2.24, 2.45) is 16.7 Å². The summed E-state index contributed by atoms with van der Waals surface area (Å²) in [5.41, 5.74) is 0.736. The molecule has 0 bridgehead atoms. The lowest BCUT2D eigenvalue weighted by atomic mass is 9.65. The van der Waals surface area contributed by atoms with Crippen LogP contribution < -0.4 is 10.1 Å². The predicted molar refractivity (Wildman–Crippen MR) is 124 cm³/mol. The maximum Gasteiger partial charge on any atom is 0.321 e. The molecular weight excluding hydrogens is 404 g/mol. The van der Waals surface area contributed by atoms with E-state index in [0.29, 0.717) is 11.8 Å². The number of carbonyl (C=O) groups is 2. The summed E-state index contributed by atoms with van der Waals surface area (Å²) in [6, 6.07) is 7.43. The van der Waals surface area contributed by atoms with Crippen molar-refractivity contribution >= 4 is 17.6 Å². The van der Waals surface area contributed by atoms with Crippen LogP contribution in [-0.4, -0.2) is 80.1 Å². The first-order valence-corrected chi connectivity index (χ1v) is 12.1. The van der Waals surface area contributed by atoms with E-state index in [4.69, 9.17) is 4.74 Å². The first-order chi connectivity index (χ1) is 15.5. The number of hydrogen-bond acceptors (Lipinski definition) is 4. The fraction of sp³-hybridized carbons (Fsp3) is 0.680. The maximum absolute atomic E-state index is 13.7. The lowest BCUT2D eigenvalue weighted by Gasteiger charge is -2.44. The van der Waals surface area contributed by atoms with Crippen molar-refractivity contribution < 1.29 is 14.3 Å². The quantitative estimate of drug-likeness (QED) is 0.784. The average Bonchev–Trinajstić information content (AvgIpc) is 3.52. The molecule has 5 rings (SSSR count). The van der Waals surface area contributed by atoms with Crippen LogP contribution >= 0.6 is 0 Å². The Kier molecular flexibility index (Phi) is 5.56. The Morgan fingerprint density at radius 2 is 1.78 bits per heavy atom. The second-order valence-corrected chi connectivity index (χ2v) is 10.4. The van der Waals surface area contributed by atoms with E-state index in [0.717, 1.165) is 89.2 Å². The van der Waals surface area contributed by atoms with Gasteiger partial charge in [-0.1, -0.05) is 6.07 Å². The van der Waals surface area contributed by atoms with Crippen LogP contribution in [0.1, 0.15) is 38.5 Å². The Balaban J connectivity index is 1.26. The predicted octanol–water partition coefficient (Wildman–Crippen LogP) is 3.27. The van der Waals surface area contributed by atoms with Crippen molar-refractivity contribution in [3.8, 4) is 5.75 Å². The number of hydrogen-bond donors (Lipinski definition) is 1. The maximum atomic E-state index is 13.7. The molecule has 1 aromatic rings. The highest BCUT2D eigenvalue weighted by Crippen LogP contribution is 2.62. The number of likely N-dealkylation sites (tertiary alicyclic amines) is 3. The minimum absolute atomic E-state index is 0.0472. The van der Waals surface area contributed by atoms with E-state index in [1.165, 1.54) is 0 Å². The van der Waals surface area contributed by atoms with E-state index in [-0.39, 0.29) is 16.9 Å². The zero-order valence-corrected chi connectivity index (χ0v) is 19.4. The van der Waals surface area contributed by atoms with Crippen LogP contribution in [-0.2, 0) is 4.79 Å². The number of urea groups is 1. The first-order valence-electron chi connectivity index (χ1n) is 12.1. The molecule has 0 unspecified atom stereocenters. The van der Waals surface area contributed by atoms with Gasteiger partial charge in [0.15, 0.2) is 0 Å². The van der Waals surface area contributed by atoms with Crippen molar-refractivity contribution in [3.63, 3.8) is 0 Å². The van der Waals surface area contributed by atoms with Gasteiger partial charge in [0.1, 0.15) is 5.75 Å². The van der Waals surface area contributed by atoms with Gasteiger partial charge >= 0.3 is 6.03 Å². The van der Waals surface area contributed by atoms with Crippen LogP contribution in [0, 0.1) is 16.7 Å². The number of anilines is 1. The van der Waals surface area contributed by atoms with Crippen molar-refractivity contribution in [1.29, 1.82) is 0 Å². The van der Waals surface area contributed by atoms with E-state index in [2.05, 4.69) is 22.2 Å². The van der Waals surface area contributed by atoms with Crippen LogP contribution in [0.4, 0.5) is 10.5 Å². The third-order valence-electron chi connectivity index (χ3n) is 8.71. The van der Waals surface area contributed by atoms with Crippen LogP contribution in [0.25, 0.3) is 0 Å². The van der Waals surface area contributed by atoms with Crippen molar-refractivity contribution in [2.45, 2.75) is 38.5 Å². The molecule has 1 N–H and O–H groups in total. The van der Waals surface area contributed by atoms with Gasteiger partial charge in [0.25, 0.3) is 0 Å². The van der Waals surface area contributed by atoms with E-state index >= 15 is 0 Å². The molecule has 4 fully saturated rings. The Morgan fingerprint density at radius 1 is 1.03 bits per heavy atom. The number of nitrogens with zero attached hydrogens (tertiary/aromatic N) is 3. The minimum Gasteiger partial charge on any atom is -0.497 e. The third kappa shape index (κ3) is 3.54. The second kappa shape index (κ2) is 8.25. The molecular formula is C25H36N4O3. The molecule has 3 saturated heterocycles. The fourth-order valence-electron chi connectivity index (χ4n) is 7.04. The zero-order chi connectivity index (χ0) is 22.3. The number of amides is 3. The number of carbonyl (C=O) groups excluding carboxylic acids is 2. The number of ether oxygens (including phenoxy) is 1. The highest BCUT2D eigenvalue weighted by atomic mass is 16.5. The van der Waals surface area contributed by atoms with E-state index < -0.39 is 0 Å². The minimum atomic E-state index is -0.204. The number of piperidine rings is 1. The molecule has 32 heavy (non-hydrogen) atoms. The molecule has 1 aromatic carbocycles. The number of fused-ring (bicyclic) bond motifs is 2. The molecule has 174 valence electrons. The highest BCUT2D eigenvalue weighted by molar-refractivity contribution is 5.89. The van der Waals surface area contributed by atoms with Crippen molar-refractivity contribution in [1.82, 2.24) is 14.7 Å². The summed E-state index contributed by atoms with van der Waals surface area (Å²) in [5, 5.41) is 3.02. The molecule has 2 atom stereocenters. The molecule has 1 saturated carbocycles. The van der Waals surface area contributed by atoms with Gasteiger partial charge in [-0.2, -0.15) is 0 Å². The Morgan fingerprint density at radius 3 is 2.50 bits per heavy atom. The monoisotopic (exact) mass is 440 g/mol. The highest BCUT2D eigenvalue weighted by Gasteiger charge is 2.64. The molecule has 0 radical (unpaired) electrons. The lowest BCUT2D eigenvalue weighted by molar-refractivity contribution is -0.142. The molecule has 3 aliphatic heterocycles. The van der Waals surface area contributed by atoms with Gasteiger partial charge in [0.2, 0.25) is 5.91 Å². The number of benzene rings is 1.